The number of benzene rings is 1. The number of hydrogen-bond donors (Lipinski definition) is 0. The van der Waals surface area contributed by atoms with Crippen molar-refractivity contribution in [2.75, 3.05) is 18.6 Å². The van der Waals surface area contributed by atoms with E-state index in [2.05, 4.69) is 9.55 Å². The summed E-state index contributed by atoms with van der Waals surface area (Å²) in [6, 6.07) is 5.99. The summed E-state index contributed by atoms with van der Waals surface area (Å²) in [5.74, 6) is 1.05. The zero-order valence-electron chi connectivity index (χ0n) is 12.1. The third-order valence-corrected chi connectivity index (χ3v) is 3.71. The van der Waals surface area contributed by atoms with E-state index in [4.69, 9.17) is 4.74 Å². The van der Waals surface area contributed by atoms with Gasteiger partial charge in [-0.15, -0.1) is 0 Å². The molecule has 0 spiro atoms. The smallest absolute Gasteiger partial charge is 0.229 e. The molecule has 0 atom stereocenters. The van der Waals surface area contributed by atoms with Gasteiger partial charge in [0.05, 0.1) is 17.6 Å². The third kappa shape index (κ3) is 2.08. The van der Waals surface area contributed by atoms with Crippen molar-refractivity contribution in [2.24, 2.45) is 5.92 Å². The zero-order valence-corrected chi connectivity index (χ0v) is 12.1. The lowest BCUT2D eigenvalue weighted by molar-refractivity contribution is -0.121. The number of imidazole rings is 1. The highest BCUT2D eigenvalue weighted by atomic mass is 16.5. The van der Waals surface area contributed by atoms with Crippen molar-refractivity contribution in [3.05, 3.63) is 24.0 Å². The molecule has 5 nitrogen and oxygen atoms in total. The number of ether oxygens (including phenoxy) is 1. The fourth-order valence-electron chi connectivity index (χ4n) is 2.57. The second-order valence-corrected chi connectivity index (χ2v) is 5.46. The molecule has 0 saturated carbocycles. The van der Waals surface area contributed by atoms with E-state index in [0.717, 1.165) is 35.7 Å². The molecule has 20 heavy (non-hydrogen) atoms. The number of carbonyl (C=O) groups excluding carboxylic acids is 1. The van der Waals surface area contributed by atoms with Crippen LogP contribution in [0.1, 0.15) is 19.7 Å². The number of rotatable bonds is 2. The number of anilines is 1. The van der Waals surface area contributed by atoms with Crippen molar-refractivity contribution in [1.82, 2.24) is 9.55 Å². The summed E-state index contributed by atoms with van der Waals surface area (Å²) in [5.41, 5.74) is 2.91. The summed E-state index contributed by atoms with van der Waals surface area (Å²) in [6.07, 6.45) is 0. The monoisotopic (exact) mass is 273 g/mol. The Balaban J connectivity index is 2.01. The van der Waals surface area contributed by atoms with Crippen molar-refractivity contribution < 1.29 is 9.53 Å². The Morgan fingerprint density at radius 2 is 2.25 bits per heavy atom. The number of hydrogen-bond acceptors (Lipinski definition) is 3. The summed E-state index contributed by atoms with van der Waals surface area (Å²) in [4.78, 5) is 18.3. The second-order valence-electron chi connectivity index (χ2n) is 5.46. The van der Waals surface area contributed by atoms with Gasteiger partial charge in [0.15, 0.2) is 0 Å². The highest BCUT2D eigenvalue weighted by molar-refractivity contribution is 5.96. The van der Waals surface area contributed by atoms with E-state index in [1.807, 2.05) is 39.1 Å². The van der Waals surface area contributed by atoms with Crippen molar-refractivity contribution in [1.29, 1.82) is 0 Å². The molecule has 2 heterocycles. The molecule has 1 amide bonds. The van der Waals surface area contributed by atoms with Gasteiger partial charge in [0, 0.05) is 25.2 Å². The molecule has 0 N–H and O–H groups in total. The first-order valence-corrected chi connectivity index (χ1v) is 6.92. The average Bonchev–Trinajstić information content (AvgIpc) is 2.83. The summed E-state index contributed by atoms with van der Waals surface area (Å²) in [5, 5.41) is 0. The fraction of sp³-hybridized carbons (Fsp3) is 0.467. The van der Waals surface area contributed by atoms with Crippen molar-refractivity contribution in [3.63, 3.8) is 0 Å². The predicted molar refractivity (Wildman–Crippen MR) is 77.6 cm³/mol. The van der Waals surface area contributed by atoms with E-state index in [0.29, 0.717) is 6.61 Å². The van der Waals surface area contributed by atoms with Crippen LogP contribution in [0.15, 0.2) is 18.2 Å². The number of aromatic nitrogens is 2. The van der Waals surface area contributed by atoms with E-state index < -0.39 is 0 Å². The molecule has 1 aliphatic heterocycles. The molecule has 5 heteroatoms. The minimum absolute atomic E-state index is 0.0145. The van der Waals surface area contributed by atoms with Crippen LogP contribution in [0.25, 0.3) is 11.0 Å². The molecule has 1 aromatic heterocycles. The van der Waals surface area contributed by atoms with E-state index in [1.165, 1.54) is 0 Å². The maximum Gasteiger partial charge on any atom is 0.229 e. The molecule has 0 unspecified atom stereocenters. The number of nitrogens with zero attached hydrogens (tertiary/aromatic N) is 3. The van der Waals surface area contributed by atoms with Gasteiger partial charge in [-0.3, -0.25) is 4.79 Å². The van der Waals surface area contributed by atoms with Crippen molar-refractivity contribution in [3.8, 4) is 0 Å². The summed E-state index contributed by atoms with van der Waals surface area (Å²) < 4.78 is 7.61. The first kappa shape index (κ1) is 13.1. The molecular weight excluding hydrogens is 254 g/mol. The lowest BCUT2D eigenvalue weighted by Gasteiger charge is -2.19. The first-order chi connectivity index (χ1) is 9.58. The predicted octanol–water partition coefficient (Wildman–Crippen LogP) is 2.19. The number of amides is 1. The SMILES string of the molecule is CC(C)C(=O)N(C)c1ccc2c(c1)nc1n2CCOC1. The molecule has 1 aromatic carbocycles. The van der Waals surface area contributed by atoms with Crippen LogP contribution in [-0.4, -0.2) is 29.1 Å². The maximum absolute atomic E-state index is 12.1. The Bertz CT molecular complexity index is 660. The van der Waals surface area contributed by atoms with E-state index in [1.54, 1.807) is 4.90 Å². The Labute approximate surface area is 118 Å². The lowest BCUT2D eigenvalue weighted by Crippen LogP contribution is -2.30. The normalized spacial score (nSPS) is 14.6. The molecule has 0 fully saturated rings. The van der Waals surface area contributed by atoms with Crippen LogP contribution in [0.5, 0.6) is 0 Å². The minimum atomic E-state index is -0.0145. The zero-order chi connectivity index (χ0) is 14.3. The van der Waals surface area contributed by atoms with Gasteiger partial charge in [0.2, 0.25) is 5.91 Å². The van der Waals surface area contributed by atoms with Crippen LogP contribution in [0, 0.1) is 5.92 Å². The Morgan fingerprint density at radius 1 is 1.45 bits per heavy atom. The first-order valence-electron chi connectivity index (χ1n) is 6.92. The van der Waals surface area contributed by atoms with Gasteiger partial charge in [-0.1, -0.05) is 13.8 Å². The highest BCUT2D eigenvalue weighted by Gasteiger charge is 2.18. The molecule has 0 radical (unpaired) electrons. The van der Waals surface area contributed by atoms with Crippen LogP contribution in [0.4, 0.5) is 5.69 Å². The molecule has 0 aliphatic carbocycles. The fourth-order valence-corrected chi connectivity index (χ4v) is 2.57. The second kappa shape index (κ2) is 4.90. The number of carbonyl (C=O) groups is 1. The minimum Gasteiger partial charge on any atom is -0.372 e. The van der Waals surface area contributed by atoms with Crippen LogP contribution in [0.3, 0.4) is 0 Å². The molecule has 1 aliphatic rings. The molecular formula is C15H19N3O2. The van der Waals surface area contributed by atoms with Gasteiger partial charge in [-0.25, -0.2) is 4.98 Å². The van der Waals surface area contributed by atoms with E-state index in [-0.39, 0.29) is 11.8 Å². The summed E-state index contributed by atoms with van der Waals surface area (Å²) in [7, 11) is 1.81. The van der Waals surface area contributed by atoms with Crippen LogP contribution in [0.2, 0.25) is 0 Å². The molecule has 3 rings (SSSR count). The summed E-state index contributed by atoms with van der Waals surface area (Å²) in [6.45, 7) is 5.94. The van der Waals surface area contributed by atoms with Crippen molar-refractivity contribution in [2.45, 2.75) is 27.0 Å². The van der Waals surface area contributed by atoms with Gasteiger partial charge in [-0.2, -0.15) is 0 Å². The topological polar surface area (TPSA) is 47.4 Å². The van der Waals surface area contributed by atoms with Crippen molar-refractivity contribution >= 4 is 22.6 Å². The standard InChI is InChI=1S/C15H19N3O2/c1-10(2)15(19)17(3)11-4-5-13-12(8-11)16-14-9-20-7-6-18(13)14/h4-5,8,10H,6-7,9H2,1-3H3. The van der Waals surface area contributed by atoms with Gasteiger partial charge < -0.3 is 14.2 Å². The Kier molecular flexibility index (Phi) is 3.22. The Morgan fingerprint density at radius 3 is 3.00 bits per heavy atom. The van der Waals surface area contributed by atoms with Gasteiger partial charge >= 0.3 is 0 Å². The largest absolute Gasteiger partial charge is 0.372 e. The maximum atomic E-state index is 12.1. The molecule has 0 bridgehead atoms. The molecule has 0 saturated heterocycles. The van der Waals surface area contributed by atoms with Crippen LogP contribution in [-0.2, 0) is 22.7 Å². The van der Waals surface area contributed by atoms with Crippen LogP contribution >= 0.6 is 0 Å². The van der Waals surface area contributed by atoms with E-state index in [9.17, 15) is 4.79 Å². The molecule has 106 valence electrons. The average molecular weight is 273 g/mol. The highest BCUT2D eigenvalue weighted by Crippen LogP contribution is 2.25. The number of fused-ring (bicyclic) bond motifs is 3. The third-order valence-electron chi connectivity index (χ3n) is 3.71. The van der Waals surface area contributed by atoms with Crippen LogP contribution < -0.4 is 4.90 Å². The van der Waals surface area contributed by atoms with Gasteiger partial charge in [0.25, 0.3) is 0 Å². The Hall–Kier alpha value is -1.88. The lowest BCUT2D eigenvalue weighted by atomic mass is 10.1. The molecule has 2 aromatic rings. The van der Waals surface area contributed by atoms with Gasteiger partial charge in [-0.05, 0) is 18.2 Å². The van der Waals surface area contributed by atoms with Gasteiger partial charge in [0.1, 0.15) is 12.4 Å². The quantitative estimate of drug-likeness (QED) is 0.842. The van der Waals surface area contributed by atoms with E-state index >= 15 is 0 Å². The summed E-state index contributed by atoms with van der Waals surface area (Å²) >= 11 is 0.